The third-order valence-corrected chi connectivity index (χ3v) is 3.60. The van der Waals surface area contributed by atoms with Crippen molar-refractivity contribution in [1.82, 2.24) is 0 Å². The summed E-state index contributed by atoms with van der Waals surface area (Å²) in [7, 11) is 0. The first-order chi connectivity index (χ1) is 9.36. The molecule has 20 heavy (non-hydrogen) atoms. The van der Waals surface area contributed by atoms with Crippen LogP contribution in [0.1, 0.15) is 27.7 Å². The van der Waals surface area contributed by atoms with Gasteiger partial charge in [0.25, 0.3) is 0 Å². The van der Waals surface area contributed by atoms with Crippen LogP contribution in [0.2, 0.25) is 0 Å². The average Bonchev–Trinajstić information content (AvgIpc) is 2.62. The Morgan fingerprint density at radius 2 is 1.95 bits per heavy atom. The van der Waals surface area contributed by atoms with Crippen LogP contribution < -0.4 is 10.4 Å². The molecule has 1 aromatic rings. The molecule has 0 spiro atoms. The van der Waals surface area contributed by atoms with Crippen LogP contribution in [0.15, 0.2) is 12.2 Å². The highest BCUT2D eigenvalue weighted by Gasteiger charge is 2.21. The first-order valence-electron chi connectivity index (χ1n) is 5.84. The number of thiophene rings is 1. The zero-order valence-electron chi connectivity index (χ0n) is 11.3. The molecule has 0 fully saturated rings. The lowest BCUT2D eigenvalue weighted by atomic mass is 10.1. The average molecular weight is 296 g/mol. The van der Waals surface area contributed by atoms with Crippen molar-refractivity contribution in [3.63, 3.8) is 0 Å². The van der Waals surface area contributed by atoms with Crippen LogP contribution in [0.3, 0.4) is 0 Å². The number of carboxylic acid groups (broad SMARTS) is 1. The topological polar surface area (TPSA) is 95.5 Å². The van der Waals surface area contributed by atoms with Crippen molar-refractivity contribution in [3.8, 4) is 0 Å². The van der Waals surface area contributed by atoms with Gasteiger partial charge in [0.1, 0.15) is 5.00 Å². The van der Waals surface area contributed by atoms with E-state index in [1.807, 2.05) is 6.92 Å². The van der Waals surface area contributed by atoms with E-state index in [9.17, 15) is 19.5 Å². The van der Waals surface area contributed by atoms with Crippen molar-refractivity contribution < 1.29 is 24.2 Å². The Labute approximate surface area is 120 Å². The molecule has 0 aliphatic carbocycles. The minimum Gasteiger partial charge on any atom is -0.545 e. The molecule has 0 saturated heterocycles. The lowest BCUT2D eigenvalue weighted by Gasteiger charge is -2.05. The number of aliphatic carboxylic acids is 1. The van der Waals surface area contributed by atoms with E-state index in [2.05, 4.69) is 5.32 Å². The molecule has 1 aromatic heterocycles. The van der Waals surface area contributed by atoms with Crippen molar-refractivity contribution in [2.45, 2.75) is 20.8 Å². The highest BCUT2D eigenvalue weighted by molar-refractivity contribution is 7.16. The number of esters is 1. The summed E-state index contributed by atoms with van der Waals surface area (Å²) in [5.41, 5.74) is 1.03. The van der Waals surface area contributed by atoms with E-state index < -0.39 is 17.8 Å². The van der Waals surface area contributed by atoms with Crippen molar-refractivity contribution >= 4 is 34.2 Å². The monoisotopic (exact) mass is 296 g/mol. The molecule has 0 atom stereocenters. The third-order valence-electron chi connectivity index (χ3n) is 2.47. The summed E-state index contributed by atoms with van der Waals surface area (Å²) >= 11 is 1.23. The molecular weight excluding hydrogens is 282 g/mol. The number of amides is 1. The number of hydrogen-bond donors (Lipinski definition) is 1. The summed E-state index contributed by atoms with van der Waals surface area (Å²) in [6, 6.07) is 0. The molecule has 7 heteroatoms. The molecule has 0 aliphatic rings. The lowest BCUT2D eigenvalue weighted by molar-refractivity contribution is -0.297. The molecule has 0 unspecified atom stereocenters. The van der Waals surface area contributed by atoms with E-state index in [0.717, 1.165) is 16.5 Å². The van der Waals surface area contributed by atoms with Gasteiger partial charge in [-0.15, -0.1) is 11.3 Å². The fourth-order valence-electron chi connectivity index (χ4n) is 1.46. The van der Waals surface area contributed by atoms with Gasteiger partial charge < -0.3 is 20.0 Å². The number of carboxylic acids is 1. The fraction of sp³-hybridized carbons (Fsp3) is 0.308. The molecule has 0 aliphatic heterocycles. The SMILES string of the molecule is CCOC(=O)c1c(NC(=O)C=CC(=O)[O-])sc(C)c1C. The number of ether oxygens (including phenoxy) is 1. The largest absolute Gasteiger partial charge is 0.545 e. The van der Waals surface area contributed by atoms with Crippen molar-refractivity contribution in [3.05, 3.63) is 28.2 Å². The van der Waals surface area contributed by atoms with Gasteiger partial charge in [-0.3, -0.25) is 4.79 Å². The molecule has 1 heterocycles. The Hall–Kier alpha value is -2.15. The number of rotatable bonds is 5. The highest BCUT2D eigenvalue weighted by atomic mass is 32.1. The number of hydrogen-bond acceptors (Lipinski definition) is 6. The molecule has 1 amide bonds. The van der Waals surface area contributed by atoms with Gasteiger partial charge in [0.2, 0.25) is 5.91 Å². The second kappa shape index (κ2) is 6.85. The summed E-state index contributed by atoms with van der Waals surface area (Å²) in [6.07, 6.45) is 1.45. The number of anilines is 1. The summed E-state index contributed by atoms with van der Waals surface area (Å²) in [4.78, 5) is 34.5. The molecule has 0 bridgehead atoms. The fourth-order valence-corrected chi connectivity index (χ4v) is 2.51. The van der Waals surface area contributed by atoms with E-state index in [-0.39, 0.29) is 6.61 Å². The van der Waals surface area contributed by atoms with E-state index in [4.69, 9.17) is 4.74 Å². The smallest absolute Gasteiger partial charge is 0.341 e. The summed E-state index contributed by atoms with van der Waals surface area (Å²) in [5.74, 6) is -2.64. The zero-order chi connectivity index (χ0) is 15.3. The van der Waals surface area contributed by atoms with Gasteiger partial charge in [0.15, 0.2) is 0 Å². The van der Waals surface area contributed by atoms with Crippen LogP contribution >= 0.6 is 11.3 Å². The Morgan fingerprint density at radius 1 is 1.30 bits per heavy atom. The lowest BCUT2D eigenvalue weighted by Crippen LogP contribution is -2.20. The van der Waals surface area contributed by atoms with Crippen LogP contribution in [-0.2, 0) is 14.3 Å². The molecule has 6 nitrogen and oxygen atoms in total. The first kappa shape index (κ1) is 15.9. The zero-order valence-corrected chi connectivity index (χ0v) is 12.1. The normalized spacial score (nSPS) is 10.6. The van der Waals surface area contributed by atoms with Gasteiger partial charge in [-0.05, 0) is 32.4 Å². The van der Waals surface area contributed by atoms with Crippen molar-refractivity contribution in [1.29, 1.82) is 0 Å². The molecular formula is C13H14NO5S-. The van der Waals surface area contributed by atoms with E-state index in [1.54, 1.807) is 13.8 Å². The van der Waals surface area contributed by atoms with Gasteiger partial charge in [0, 0.05) is 11.0 Å². The number of carbonyl (C=O) groups excluding carboxylic acids is 3. The maximum Gasteiger partial charge on any atom is 0.341 e. The minimum absolute atomic E-state index is 0.227. The Morgan fingerprint density at radius 3 is 2.50 bits per heavy atom. The van der Waals surface area contributed by atoms with Crippen molar-refractivity contribution in [2.75, 3.05) is 11.9 Å². The molecule has 0 radical (unpaired) electrons. The second-order valence-corrected chi connectivity index (χ2v) is 5.07. The molecule has 1 rings (SSSR count). The molecule has 0 aromatic carbocycles. The van der Waals surface area contributed by atoms with Crippen LogP contribution in [0.4, 0.5) is 5.00 Å². The predicted molar refractivity (Wildman–Crippen MR) is 72.5 cm³/mol. The maximum atomic E-state index is 11.9. The van der Waals surface area contributed by atoms with Crippen LogP contribution in [0.25, 0.3) is 0 Å². The number of carbonyl (C=O) groups is 3. The molecule has 108 valence electrons. The summed E-state index contributed by atoms with van der Waals surface area (Å²) < 4.78 is 4.94. The molecule has 1 N–H and O–H groups in total. The predicted octanol–water partition coefficient (Wildman–Crippen LogP) is 0.786. The minimum atomic E-state index is -1.47. The molecule has 0 saturated carbocycles. The van der Waals surface area contributed by atoms with Gasteiger partial charge in [-0.1, -0.05) is 0 Å². The Balaban J connectivity index is 3.01. The van der Waals surface area contributed by atoms with Gasteiger partial charge in [-0.25, -0.2) is 4.79 Å². The van der Waals surface area contributed by atoms with Crippen molar-refractivity contribution in [2.24, 2.45) is 0 Å². The Kier molecular flexibility index (Phi) is 5.45. The number of aryl methyl sites for hydroxylation is 1. The van der Waals surface area contributed by atoms with Gasteiger partial charge >= 0.3 is 5.97 Å². The Bertz CT molecular complexity index is 574. The van der Waals surface area contributed by atoms with Gasteiger partial charge in [-0.2, -0.15) is 0 Å². The maximum absolute atomic E-state index is 11.9. The van der Waals surface area contributed by atoms with Crippen LogP contribution in [0, 0.1) is 13.8 Å². The second-order valence-electron chi connectivity index (χ2n) is 3.85. The third kappa shape index (κ3) is 3.92. The summed E-state index contributed by atoms with van der Waals surface area (Å²) in [6.45, 7) is 5.48. The van der Waals surface area contributed by atoms with E-state index >= 15 is 0 Å². The van der Waals surface area contributed by atoms with E-state index in [1.165, 1.54) is 11.3 Å². The highest BCUT2D eigenvalue weighted by Crippen LogP contribution is 2.32. The van der Waals surface area contributed by atoms with Crippen LogP contribution in [0.5, 0.6) is 0 Å². The standard InChI is InChI=1S/C13H15NO5S/c1-4-19-13(18)11-7(2)8(3)20-12(11)14-9(15)5-6-10(16)17/h5-6H,4H2,1-3H3,(H,14,15)(H,16,17)/p-1. The quantitative estimate of drug-likeness (QED) is 0.640. The summed E-state index contributed by atoms with van der Waals surface area (Å²) in [5, 5.41) is 13.0. The van der Waals surface area contributed by atoms with Gasteiger partial charge in [0.05, 0.1) is 18.1 Å². The van der Waals surface area contributed by atoms with E-state index in [0.29, 0.717) is 16.6 Å². The van der Waals surface area contributed by atoms with Crippen LogP contribution in [-0.4, -0.2) is 24.5 Å². The first-order valence-corrected chi connectivity index (χ1v) is 6.65. The number of nitrogens with one attached hydrogen (secondary N) is 1.